The number of nitrogens with zero attached hydrogens (tertiary/aromatic N) is 1. The Kier molecular flexibility index (Phi) is 3.99. The van der Waals surface area contributed by atoms with Crippen LogP contribution in [-0.2, 0) is 0 Å². The molecular formula is C16H22N2O. The first-order chi connectivity index (χ1) is 9.00. The van der Waals surface area contributed by atoms with E-state index >= 15 is 0 Å². The third-order valence-electron chi connectivity index (χ3n) is 3.84. The molecule has 1 aliphatic carbocycles. The molecule has 0 spiro atoms. The van der Waals surface area contributed by atoms with Crippen LogP contribution in [-0.4, -0.2) is 12.6 Å². The van der Waals surface area contributed by atoms with E-state index in [0.717, 1.165) is 11.4 Å². The average Bonchev–Trinajstić information content (AvgIpc) is 2.61. The Labute approximate surface area is 115 Å². The Bertz CT molecular complexity index is 459. The van der Waals surface area contributed by atoms with Crippen molar-refractivity contribution in [2.24, 2.45) is 11.3 Å². The van der Waals surface area contributed by atoms with Crippen LogP contribution in [0.25, 0.3) is 0 Å². The topological polar surface area (TPSA) is 45.0 Å². The average molecular weight is 258 g/mol. The van der Waals surface area contributed by atoms with Gasteiger partial charge < -0.3 is 10.1 Å². The van der Waals surface area contributed by atoms with E-state index in [1.165, 1.54) is 12.8 Å². The summed E-state index contributed by atoms with van der Waals surface area (Å²) in [5.41, 5.74) is 1.56. The molecule has 3 nitrogen and oxygen atoms in total. The summed E-state index contributed by atoms with van der Waals surface area (Å²) in [5.74, 6) is 1.44. The molecule has 2 atom stereocenters. The first-order valence-corrected chi connectivity index (χ1v) is 6.86. The SMILES string of the molecule is CC1CC(C)(C)CC1Nc1ccc(OCC#N)cc1. The molecule has 19 heavy (non-hydrogen) atoms. The Hall–Kier alpha value is -1.69. The third-order valence-corrected chi connectivity index (χ3v) is 3.84. The molecule has 3 heteroatoms. The van der Waals surface area contributed by atoms with Gasteiger partial charge in [0.05, 0.1) is 0 Å². The van der Waals surface area contributed by atoms with Crippen LogP contribution in [0.5, 0.6) is 5.75 Å². The molecule has 0 aromatic heterocycles. The number of nitriles is 1. The first kappa shape index (κ1) is 13.7. The first-order valence-electron chi connectivity index (χ1n) is 6.86. The number of hydrogen-bond donors (Lipinski definition) is 1. The fraction of sp³-hybridized carbons (Fsp3) is 0.562. The predicted octanol–water partition coefficient (Wildman–Crippen LogP) is 3.83. The molecule has 0 bridgehead atoms. The molecule has 1 fully saturated rings. The van der Waals surface area contributed by atoms with Crippen molar-refractivity contribution in [1.82, 2.24) is 0 Å². The molecule has 0 saturated heterocycles. The summed E-state index contributed by atoms with van der Waals surface area (Å²) in [4.78, 5) is 0. The van der Waals surface area contributed by atoms with Crippen LogP contribution in [0.2, 0.25) is 0 Å². The van der Waals surface area contributed by atoms with Gasteiger partial charge in [0.1, 0.15) is 11.8 Å². The summed E-state index contributed by atoms with van der Waals surface area (Å²) in [6, 6.07) is 10.4. The van der Waals surface area contributed by atoms with Crippen LogP contribution < -0.4 is 10.1 Å². The lowest BCUT2D eigenvalue weighted by Crippen LogP contribution is -2.22. The van der Waals surface area contributed by atoms with Gasteiger partial charge in [-0.05, 0) is 48.4 Å². The molecular weight excluding hydrogens is 236 g/mol. The second kappa shape index (κ2) is 5.52. The predicted molar refractivity (Wildman–Crippen MR) is 77.1 cm³/mol. The van der Waals surface area contributed by atoms with E-state index < -0.39 is 0 Å². The Morgan fingerprint density at radius 1 is 1.32 bits per heavy atom. The normalized spacial score (nSPS) is 24.7. The van der Waals surface area contributed by atoms with E-state index in [0.29, 0.717) is 17.4 Å². The highest BCUT2D eigenvalue weighted by Crippen LogP contribution is 2.42. The maximum atomic E-state index is 8.46. The number of anilines is 1. The third kappa shape index (κ3) is 3.64. The largest absolute Gasteiger partial charge is 0.479 e. The van der Waals surface area contributed by atoms with Crippen molar-refractivity contribution in [3.63, 3.8) is 0 Å². The lowest BCUT2D eigenvalue weighted by atomic mass is 9.91. The summed E-state index contributed by atoms with van der Waals surface area (Å²) >= 11 is 0. The van der Waals surface area contributed by atoms with E-state index in [2.05, 4.69) is 26.1 Å². The molecule has 0 heterocycles. The zero-order valence-electron chi connectivity index (χ0n) is 11.9. The Morgan fingerprint density at radius 3 is 2.53 bits per heavy atom. The molecule has 1 aromatic rings. The van der Waals surface area contributed by atoms with Gasteiger partial charge in [-0.1, -0.05) is 20.8 Å². The van der Waals surface area contributed by atoms with Gasteiger partial charge >= 0.3 is 0 Å². The van der Waals surface area contributed by atoms with Gasteiger partial charge in [-0.2, -0.15) is 5.26 Å². The summed E-state index contributed by atoms with van der Waals surface area (Å²) in [6.07, 6.45) is 2.48. The molecule has 2 rings (SSSR count). The Morgan fingerprint density at radius 2 is 2.00 bits per heavy atom. The second-order valence-electron chi connectivity index (χ2n) is 6.27. The molecule has 0 amide bonds. The minimum atomic E-state index is 0.0978. The molecule has 1 saturated carbocycles. The molecule has 1 aromatic carbocycles. The lowest BCUT2D eigenvalue weighted by molar-refractivity contribution is 0.366. The molecule has 1 N–H and O–H groups in total. The van der Waals surface area contributed by atoms with E-state index in [4.69, 9.17) is 10.00 Å². The fourth-order valence-electron chi connectivity index (χ4n) is 3.06. The quantitative estimate of drug-likeness (QED) is 0.892. The van der Waals surface area contributed by atoms with Crippen molar-refractivity contribution >= 4 is 5.69 Å². The van der Waals surface area contributed by atoms with Crippen LogP contribution in [0, 0.1) is 22.7 Å². The van der Waals surface area contributed by atoms with Gasteiger partial charge in [-0.3, -0.25) is 0 Å². The molecule has 0 aliphatic heterocycles. The van der Waals surface area contributed by atoms with E-state index in [1.807, 2.05) is 30.3 Å². The highest BCUT2D eigenvalue weighted by Gasteiger charge is 2.36. The van der Waals surface area contributed by atoms with Crippen molar-refractivity contribution in [3.05, 3.63) is 24.3 Å². The summed E-state index contributed by atoms with van der Waals surface area (Å²) < 4.78 is 5.25. The minimum Gasteiger partial charge on any atom is -0.479 e. The highest BCUT2D eigenvalue weighted by atomic mass is 16.5. The van der Waals surface area contributed by atoms with Crippen LogP contribution in [0.4, 0.5) is 5.69 Å². The highest BCUT2D eigenvalue weighted by molar-refractivity contribution is 5.47. The fourth-order valence-corrected chi connectivity index (χ4v) is 3.06. The number of ether oxygens (including phenoxy) is 1. The zero-order chi connectivity index (χ0) is 13.9. The molecule has 0 radical (unpaired) electrons. The minimum absolute atomic E-state index is 0.0978. The number of hydrogen-bond acceptors (Lipinski definition) is 3. The summed E-state index contributed by atoms with van der Waals surface area (Å²) in [7, 11) is 0. The molecule has 2 unspecified atom stereocenters. The van der Waals surface area contributed by atoms with Crippen molar-refractivity contribution in [2.45, 2.75) is 39.7 Å². The van der Waals surface area contributed by atoms with Gasteiger partial charge in [0, 0.05) is 11.7 Å². The maximum absolute atomic E-state index is 8.46. The lowest BCUT2D eigenvalue weighted by Gasteiger charge is -2.20. The Balaban J connectivity index is 1.95. The van der Waals surface area contributed by atoms with E-state index in [9.17, 15) is 0 Å². The van der Waals surface area contributed by atoms with Gasteiger partial charge in [0.2, 0.25) is 0 Å². The van der Waals surface area contributed by atoms with Crippen LogP contribution >= 0.6 is 0 Å². The van der Waals surface area contributed by atoms with Crippen LogP contribution in [0.3, 0.4) is 0 Å². The van der Waals surface area contributed by atoms with Gasteiger partial charge in [-0.15, -0.1) is 0 Å². The molecule has 102 valence electrons. The molecule has 1 aliphatic rings. The summed E-state index contributed by atoms with van der Waals surface area (Å²) in [6.45, 7) is 7.09. The van der Waals surface area contributed by atoms with E-state index in [-0.39, 0.29) is 6.61 Å². The van der Waals surface area contributed by atoms with Crippen molar-refractivity contribution < 1.29 is 4.74 Å². The smallest absolute Gasteiger partial charge is 0.174 e. The monoisotopic (exact) mass is 258 g/mol. The number of rotatable bonds is 4. The zero-order valence-corrected chi connectivity index (χ0v) is 11.9. The van der Waals surface area contributed by atoms with E-state index in [1.54, 1.807) is 0 Å². The number of nitrogens with one attached hydrogen (secondary N) is 1. The van der Waals surface area contributed by atoms with Crippen LogP contribution in [0.15, 0.2) is 24.3 Å². The van der Waals surface area contributed by atoms with Crippen molar-refractivity contribution in [1.29, 1.82) is 5.26 Å². The second-order valence-corrected chi connectivity index (χ2v) is 6.27. The van der Waals surface area contributed by atoms with Gasteiger partial charge in [0.25, 0.3) is 0 Å². The maximum Gasteiger partial charge on any atom is 0.174 e. The standard InChI is InChI=1S/C16H22N2O/c1-12-10-16(2,3)11-15(12)18-13-4-6-14(7-5-13)19-9-8-17/h4-7,12,15,18H,9-11H2,1-3H3. The van der Waals surface area contributed by atoms with Gasteiger partial charge in [0.15, 0.2) is 6.61 Å². The summed E-state index contributed by atoms with van der Waals surface area (Å²) in [5, 5.41) is 12.1. The number of benzene rings is 1. The van der Waals surface area contributed by atoms with Crippen molar-refractivity contribution in [2.75, 3.05) is 11.9 Å². The van der Waals surface area contributed by atoms with Crippen LogP contribution in [0.1, 0.15) is 33.6 Å². The van der Waals surface area contributed by atoms with Gasteiger partial charge in [-0.25, -0.2) is 0 Å². The van der Waals surface area contributed by atoms with Crippen molar-refractivity contribution in [3.8, 4) is 11.8 Å².